The molecular formula is C19H21NO4S. The van der Waals surface area contributed by atoms with E-state index in [4.69, 9.17) is 9.47 Å². The fourth-order valence-corrected chi connectivity index (χ4v) is 3.91. The Morgan fingerprint density at radius 3 is 2.96 bits per heavy atom. The lowest BCUT2D eigenvalue weighted by Gasteiger charge is -2.16. The highest BCUT2D eigenvalue weighted by molar-refractivity contribution is 7.17. The monoisotopic (exact) mass is 359 g/mol. The van der Waals surface area contributed by atoms with Crippen LogP contribution < -0.4 is 10.1 Å². The first-order chi connectivity index (χ1) is 12.1. The maximum atomic E-state index is 12.3. The first-order valence-corrected chi connectivity index (χ1v) is 9.21. The molecule has 1 aliphatic rings. The first kappa shape index (κ1) is 17.5. The fourth-order valence-electron chi connectivity index (χ4n) is 2.82. The summed E-state index contributed by atoms with van der Waals surface area (Å²) in [5.74, 6) is 0.0699. The van der Waals surface area contributed by atoms with Crippen LogP contribution >= 0.6 is 11.3 Å². The number of para-hydroxylation sites is 1. The van der Waals surface area contributed by atoms with Crippen molar-refractivity contribution in [3.63, 3.8) is 0 Å². The lowest BCUT2D eigenvalue weighted by Crippen LogP contribution is -2.35. The molecular weight excluding hydrogens is 338 g/mol. The van der Waals surface area contributed by atoms with E-state index in [-0.39, 0.29) is 18.6 Å². The molecule has 0 unspecified atom stereocenters. The Bertz CT molecular complexity index is 783. The van der Waals surface area contributed by atoms with Gasteiger partial charge in [0.15, 0.2) is 6.61 Å². The largest absolute Gasteiger partial charge is 0.488 e. The SMILES string of the molecule is CCC[C@H](C)NC(=O)COC(=O)c1cc2c(s1)-c1ccccc1OC2. The second-order valence-electron chi connectivity index (χ2n) is 6.08. The second-order valence-corrected chi connectivity index (χ2v) is 7.14. The van der Waals surface area contributed by atoms with Crippen LogP contribution in [-0.2, 0) is 16.1 Å². The number of benzene rings is 1. The molecule has 3 rings (SSSR count). The number of thiophene rings is 1. The van der Waals surface area contributed by atoms with Gasteiger partial charge in [0, 0.05) is 22.0 Å². The smallest absolute Gasteiger partial charge is 0.348 e. The molecule has 1 aromatic carbocycles. The van der Waals surface area contributed by atoms with E-state index in [0.717, 1.165) is 34.6 Å². The zero-order valence-corrected chi connectivity index (χ0v) is 15.2. The number of amides is 1. The van der Waals surface area contributed by atoms with Crippen molar-refractivity contribution >= 4 is 23.2 Å². The van der Waals surface area contributed by atoms with Crippen molar-refractivity contribution in [2.75, 3.05) is 6.61 Å². The van der Waals surface area contributed by atoms with E-state index >= 15 is 0 Å². The topological polar surface area (TPSA) is 64.6 Å². The number of hydrogen-bond acceptors (Lipinski definition) is 5. The van der Waals surface area contributed by atoms with Crippen molar-refractivity contribution in [2.45, 2.75) is 39.3 Å². The van der Waals surface area contributed by atoms with Gasteiger partial charge in [-0.3, -0.25) is 4.79 Å². The van der Waals surface area contributed by atoms with E-state index in [1.54, 1.807) is 6.07 Å². The molecule has 0 radical (unpaired) electrons. The molecule has 1 aromatic heterocycles. The van der Waals surface area contributed by atoms with Crippen LogP contribution in [0, 0.1) is 0 Å². The van der Waals surface area contributed by atoms with Crippen LogP contribution in [0.25, 0.3) is 10.4 Å². The molecule has 1 N–H and O–H groups in total. The number of esters is 1. The summed E-state index contributed by atoms with van der Waals surface area (Å²) in [6.45, 7) is 4.17. The van der Waals surface area contributed by atoms with E-state index in [2.05, 4.69) is 12.2 Å². The maximum absolute atomic E-state index is 12.3. The number of carbonyl (C=O) groups excluding carboxylic acids is 2. The van der Waals surface area contributed by atoms with Crippen molar-refractivity contribution in [1.29, 1.82) is 0 Å². The highest BCUT2D eigenvalue weighted by Gasteiger charge is 2.23. The number of ether oxygens (including phenoxy) is 2. The van der Waals surface area contributed by atoms with Gasteiger partial charge in [-0.25, -0.2) is 4.79 Å². The molecule has 0 spiro atoms. The van der Waals surface area contributed by atoms with E-state index < -0.39 is 5.97 Å². The molecule has 5 nitrogen and oxygen atoms in total. The summed E-state index contributed by atoms with van der Waals surface area (Å²) in [7, 11) is 0. The fraction of sp³-hybridized carbons (Fsp3) is 0.368. The van der Waals surface area contributed by atoms with Crippen LogP contribution in [0.15, 0.2) is 30.3 Å². The van der Waals surface area contributed by atoms with E-state index in [1.165, 1.54) is 11.3 Å². The zero-order chi connectivity index (χ0) is 17.8. The number of carbonyl (C=O) groups is 2. The number of fused-ring (bicyclic) bond motifs is 3. The molecule has 0 aliphatic carbocycles. The molecule has 2 heterocycles. The predicted molar refractivity (Wildman–Crippen MR) is 96.9 cm³/mol. The molecule has 1 amide bonds. The summed E-state index contributed by atoms with van der Waals surface area (Å²) in [4.78, 5) is 25.6. The van der Waals surface area contributed by atoms with Gasteiger partial charge in [-0.2, -0.15) is 0 Å². The Morgan fingerprint density at radius 1 is 1.36 bits per heavy atom. The number of hydrogen-bond donors (Lipinski definition) is 1. The summed E-state index contributed by atoms with van der Waals surface area (Å²) in [6, 6.07) is 9.62. The average Bonchev–Trinajstić information content (AvgIpc) is 3.04. The van der Waals surface area contributed by atoms with Crippen LogP contribution in [-0.4, -0.2) is 24.5 Å². The minimum atomic E-state index is -0.477. The highest BCUT2D eigenvalue weighted by Crippen LogP contribution is 2.42. The molecule has 25 heavy (non-hydrogen) atoms. The lowest BCUT2D eigenvalue weighted by atomic mass is 10.1. The van der Waals surface area contributed by atoms with Crippen molar-refractivity contribution < 1.29 is 19.1 Å². The summed E-state index contributed by atoms with van der Waals surface area (Å²) in [5.41, 5.74) is 1.95. The molecule has 0 fully saturated rings. The summed E-state index contributed by atoms with van der Waals surface area (Å²) in [5, 5.41) is 2.82. The molecule has 6 heteroatoms. The average molecular weight is 359 g/mol. The third-order valence-electron chi connectivity index (χ3n) is 3.99. The van der Waals surface area contributed by atoms with Gasteiger partial charge < -0.3 is 14.8 Å². The first-order valence-electron chi connectivity index (χ1n) is 8.40. The van der Waals surface area contributed by atoms with Gasteiger partial charge in [-0.1, -0.05) is 25.5 Å². The highest BCUT2D eigenvalue weighted by atomic mass is 32.1. The minimum absolute atomic E-state index is 0.0823. The van der Waals surface area contributed by atoms with Crippen molar-refractivity contribution in [1.82, 2.24) is 5.32 Å². The Kier molecular flexibility index (Phi) is 5.38. The Morgan fingerprint density at radius 2 is 2.16 bits per heavy atom. The summed E-state index contributed by atoms with van der Waals surface area (Å²) >= 11 is 1.37. The summed E-state index contributed by atoms with van der Waals surface area (Å²) < 4.78 is 10.9. The Labute approximate surface area is 151 Å². The molecule has 0 saturated carbocycles. The van der Waals surface area contributed by atoms with Crippen LogP contribution in [0.4, 0.5) is 0 Å². The van der Waals surface area contributed by atoms with Crippen LogP contribution in [0.2, 0.25) is 0 Å². The second kappa shape index (κ2) is 7.70. The van der Waals surface area contributed by atoms with Gasteiger partial charge >= 0.3 is 5.97 Å². The quantitative estimate of drug-likeness (QED) is 0.798. The zero-order valence-electron chi connectivity index (χ0n) is 14.3. The van der Waals surface area contributed by atoms with Crippen LogP contribution in [0.3, 0.4) is 0 Å². The third kappa shape index (κ3) is 4.02. The van der Waals surface area contributed by atoms with Gasteiger partial charge in [0.05, 0.1) is 0 Å². The molecule has 1 atom stereocenters. The van der Waals surface area contributed by atoms with Gasteiger partial charge in [0.2, 0.25) is 0 Å². The standard InChI is InChI=1S/C19H21NO4S/c1-3-6-12(2)20-17(21)11-24-19(22)16-9-13-10-23-15-8-5-4-7-14(15)18(13)25-16/h4-5,7-9,12H,3,6,10-11H2,1-2H3,(H,20,21)/t12-/m0/s1. The maximum Gasteiger partial charge on any atom is 0.348 e. The van der Waals surface area contributed by atoms with E-state index in [9.17, 15) is 9.59 Å². The summed E-state index contributed by atoms with van der Waals surface area (Å²) in [6.07, 6.45) is 1.89. The molecule has 1 aliphatic heterocycles. The Balaban J connectivity index is 1.63. The van der Waals surface area contributed by atoms with Crippen molar-refractivity contribution in [3.8, 4) is 16.2 Å². The van der Waals surface area contributed by atoms with Gasteiger partial charge in [0.25, 0.3) is 5.91 Å². The van der Waals surface area contributed by atoms with Gasteiger partial charge in [-0.15, -0.1) is 11.3 Å². The number of rotatable bonds is 6. The minimum Gasteiger partial charge on any atom is -0.488 e. The van der Waals surface area contributed by atoms with Crippen molar-refractivity contribution in [3.05, 3.63) is 40.8 Å². The van der Waals surface area contributed by atoms with E-state index in [0.29, 0.717) is 11.5 Å². The van der Waals surface area contributed by atoms with Gasteiger partial charge in [-0.05, 0) is 31.5 Å². The van der Waals surface area contributed by atoms with Gasteiger partial charge in [0.1, 0.15) is 17.2 Å². The lowest BCUT2D eigenvalue weighted by molar-refractivity contribution is -0.124. The third-order valence-corrected chi connectivity index (χ3v) is 5.18. The molecule has 2 aromatic rings. The van der Waals surface area contributed by atoms with E-state index in [1.807, 2.05) is 31.2 Å². The number of nitrogens with one attached hydrogen (secondary N) is 1. The Hall–Kier alpha value is -2.34. The molecule has 0 bridgehead atoms. The van der Waals surface area contributed by atoms with Crippen molar-refractivity contribution in [2.24, 2.45) is 0 Å². The molecule has 0 saturated heterocycles. The predicted octanol–water partition coefficient (Wildman–Crippen LogP) is 3.77. The van der Waals surface area contributed by atoms with Crippen LogP contribution in [0.5, 0.6) is 5.75 Å². The molecule has 132 valence electrons. The normalized spacial score (nSPS) is 13.2. The van der Waals surface area contributed by atoms with Crippen LogP contribution in [0.1, 0.15) is 41.9 Å².